The zero-order valence-electron chi connectivity index (χ0n) is 17.2. The predicted molar refractivity (Wildman–Crippen MR) is 112 cm³/mol. The van der Waals surface area contributed by atoms with Crippen LogP contribution in [0.25, 0.3) is 11.0 Å². The lowest BCUT2D eigenvalue weighted by Crippen LogP contribution is -2.37. The normalized spacial score (nSPS) is 16.4. The van der Waals surface area contributed by atoms with Crippen LogP contribution in [0.15, 0.2) is 40.8 Å². The molecule has 1 fully saturated rings. The molecule has 0 spiro atoms. The van der Waals surface area contributed by atoms with Gasteiger partial charge in [0.2, 0.25) is 0 Å². The SMILES string of the molecule is Cc1ccc(C)c2c(C)c(C(=O)N(Cc3ccccc3O)C[C@@H]3CCCO3)oc12. The van der Waals surface area contributed by atoms with Crippen LogP contribution in [-0.4, -0.2) is 35.2 Å². The van der Waals surface area contributed by atoms with Crippen LogP contribution >= 0.6 is 0 Å². The number of para-hydroxylation sites is 1. The van der Waals surface area contributed by atoms with E-state index in [1.807, 2.05) is 39.0 Å². The summed E-state index contributed by atoms with van der Waals surface area (Å²) in [6.07, 6.45) is 1.95. The van der Waals surface area contributed by atoms with Crippen molar-refractivity contribution in [2.45, 2.75) is 46.3 Å². The second-order valence-electron chi connectivity index (χ2n) is 7.91. The molecule has 29 heavy (non-hydrogen) atoms. The van der Waals surface area contributed by atoms with Gasteiger partial charge in [-0.1, -0.05) is 30.3 Å². The minimum atomic E-state index is -0.170. The Kier molecular flexibility index (Phi) is 5.33. The van der Waals surface area contributed by atoms with E-state index in [0.717, 1.165) is 47.1 Å². The first-order chi connectivity index (χ1) is 14.0. The Morgan fingerprint density at radius 1 is 1.14 bits per heavy atom. The Labute approximate surface area is 170 Å². The van der Waals surface area contributed by atoms with Gasteiger partial charge in [-0.2, -0.15) is 0 Å². The first kappa shape index (κ1) is 19.5. The Balaban J connectivity index is 1.72. The third-order valence-electron chi connectivity index (χ3n) is 5.76. The molecule has 0 unspecified atom stereocenters. The van der Waals surface area contributed by atoms with E-state index in [4.69, 9.17) is 9.15 Å². The molecule has 4 rings (SSSR count). The Bertz CT molecular complexity index is 1050. The van der Waals surface area contributed by atoms with E-state index in [2.05, 4.69) is 6.07 Å². The molecule has 2 aromatic carbocycles. The molecule has 3 aromatic rings. The van der Waals surface area contributed by atoms with Crippen LogP contribution in [0.5, 0.6) is 5.75 Å². The molecular weight excluding hydrogens is 366 g/mol. The second kappa shape index (κ2) is 7.91. The maximum Gasteiger partial charge on any atom is 0.290 e. The van der Waals surface area contributed by atoms with Gasteiger partial charge in [0.1, 0.15) is 11.3 Å². The van der Waals surface area contributed by atoms with Crippen LogP contribution in [0.2, 0.25) is 0 Å². The molecule has 5 heteroatoms. The highest BCUT2D eigenvalue weighted by atomic mass is 16.5. The average molecular weight is 393 g/mol. The number of rotatable bonds is 5. The van der Waals surface area contributed by atoms with Crippen LogP contribution < -0.4 is 0 Å². The Morgan fingerprint density at radius 2 is 1.90 bits per heavy atom. The van der Waals surface area contributed by atoms with Gasteiger partial charge in [0, 0.05) is 36.2 Å². The number of amides is 1. The van der Waals surface area contributed by atoms with E-state index in [-0.39, 0.29) is 17.8 Å². The molecule has 152 valence electrons. The molecule has 5 nitrogen and oxygen atoms in total. The Hall–Kier alpha value is -2.79. The summed E-state index contributed by atoms with van der Waals surface area (Å²) >= 11 is 0. The highest BCUT2D eigenvalue weighted by Crippen LogP contribution is 2.32. The van der Waals surface area contributed by atoms with Crippen molar-refractivity contribution >= 4 is 16.9 Å². The van der Waals surface area contributed by atoms with Crippen molar-refractivity contribution in [2.75, 3.05) is 13.2 Å². The van der Waals surface area contributed by atoms with E-state index in [9.17, 15) is 9.90 Å². The fourth-order valence-corrected chi connectivity index (χ4v) is 4.13. The number of hydrogen-bond acceptors (Lipinski definition) is 4. The average Bonchev–Trinajstić information content (AvgIpc) is 3.34. The van der Waals surface area contributed by atoms with Gasteiger partial charge in [-0.15, -0.1) is 0 Å². The van der Waals surface area contributed by atoms with Gasteiger partial charge in [-0.3, -0.25) is 4.79 Å². The molecule has 1 aliphatic heterocycles. The molecule has 1 N–H and O–H groups in total. The van der Waals surface area contributed by atoms with Gasteiger partial charge in [0.15, 0.2) is 5.76 Å². The van der Waals surface area contributed by atoms with E-state index < -0.39 is 0 Å². The molecule has 0 bridgehead atoms. The smallest absolute Gasteiger partial charge is 0.290 e. The first-order valence-electron chi connectivity index (χ1n) is 10.1. The zero-order valence-corrected chi connectivity index (χ0v) is 17.2. The van der Waals surface area contributed by atoms with Crippen LogP contribution in [0, 0.1) is 20.8 Å². The number of benzene rings is 2. The third kappa shape index (κ3) is 3.75. The molecule has 1 aliphatic rings. The first-order valence-corrected chi connectivity index (χ1v) is 10.1. The number of fused-ring (bicyclic) bond motifs is 1. The summed E-state index contributed by atoms with van der Waals surface area (Å²) in [6.45, 7) is 7.47. The number of hydrogen-bond donors (Lipinski definition) is 1. The largest absolute Gasteiger partial charge is 0.508 e. The number of phenols is 1. The summed E-state index contributed by atoms with van der Waals surface area (Å²) in [5.41, 5.74) is 4.45. The number of aromatic hydroxyl groups is 1. The fraction of sp³-hybridized carbons (Fsp3) is 0.375. The molecule has 0 radical (unpaired) electrons. The quantitative estimate of drug-likeness (QED) is 0.671. The summed E-state index contributed by atoms with van der Waals surface area (Å²) < 4.78 is 11.9. The number of nitrogens with zero attached hydrogens (tertiary/aromatic N) is 1. The topological polar surface area (TPSA) is 62.9 Å². The van der Waals surface area contributed by atoms with E-state index in [1.54, 1.807) is 17.0 Å². The Morgan fingerprint density at radius 3 is 2.59 bits per heavy atom. The molecule has 1 amide bonds. The summed E-state index contributed by atoms with van der Waals surface area (Å²) in [5.74, 6) is 0.382. The highest BCUT2D eigenvalue weighted by molar-refractivity contribution is 6.00. The number of furan rings is 1. The lowest BCUT2D eigenvalue weighted by atomic mass is 10.0. The molecule has 1 aromatic heterocycles. The third-order valence-corrected chi connectivity index (χ3v) is 5.76. The standard InChI is InChI=1S/C24H27NO4/c1-15-10-11-16(2)22-21(15)17(3)23(29-22)24(27)25(14-19-8-6-12-28-19)13-18-7-4-5-9-20(18)26/h4-5,7,9-11,19,26H,6,8,12-14H2,1-3H3/t19-/m0/s1. The van der Waals surface area contributed by atoms with Crippen molar-refractivity contribution < 1.29 is 19.1 Å². The number of carbonyl (C=O) groups is 1. The van der Waals surface area contributed by atoms with Crippen LogP contribution in [-0.2, 0) is 11.3 Å². The molecule has 1 saturated heterocycles. The molecule has 0 saturated carbocycles. The summed E-state index contributed by atoms with van der Waals surface area (Å²) in [5, 5.41) is 11.2. The summed E-state index contributed by atoms with van der Waals surface area (Å²) in [7, 11) is 0. The van der Waals surface area contributed by atoms with Crippen LogP contribution in [0.1, 0.15) is 45.7 Å². The lowest BCUT2D eigenvalue weighted by Gasteiger charge is -2.25. The molecule has 1 atom stereocenters. The zero-order chi connectivity index (χ0) is 20.5. The summed E-state index contributed by atoms with van der Waals surface area (Å²) in [6, 6.07) is 11.2. The van der Waals surface area contributed by atoms with Crippen molar-refractivity contribution in [3.63, 3.8) is 0 Å². The van der Waals surface area contributed by atoms with Crippen molar-refractivity contribution in [1.29, 1.82) is 0 Å². The number of carbonyl (C=O) groups excluding carboxylic acids is 1. The maximum absolute atomic E-state index is 13.6. The van der Waals surface area contributed by atoms with Gasteiger partial charge >= 0.3 is 0 Å². The van der Waals surface area contributed by atoms with Crippen molar-refractivity contribution in [2.24, 2.45) is 0 Å². The number of aryl methyl sites for hydroxylation is 3. The van der Waals surface area contributed by atoms with Gasteiger partial charge in [0.25, 0.3) is 5.91 Å². The predicted octanol–water partition coefficient (Wildman–Crippen LogP) is 4.89. The summed E-state index contributed by atoms with van der Waals surface area (Å²) in [4.78, 5) is 15.3. The van der Waals surface area contributed by atoms with E-state index in [1.165, 1.54) is 0 Å². The van der Waals surface area contributed by atoms with Gasteiger partial charge in [0.05, 0.1) is 6.10 Å². The maximum atomic E-state index is 13.6. The van der Waals surface area contributed by atoms with Crippen LogP contribution in [0.3, 0.4) is 0 Å². The van der Waals surface area contributed by atoms with Crippen molar-refractivity contribution in [3.8, 4) is 5.75 Å². The van der Waals surface area contributed by atoms with Crippen LogP contribution in [0.4, 0.5) is 0 Å². The minimum absolute atomic E-state index is 0.0120. The molecular formula is C24H27NO4. The number of ether oxygens (including phenoxy) is 1. The monoisotopic (exact) mass is 393 g/mol. The van der Waals surface area contributed by atoms with Crippen molar-refractivity contribution in [3.05, 3.63) is 64.4 Å². The van der Waals surface area contributed by atoms with Gasteiger partial charge in [-0.05, 0) is 50.8 Å². The molecule has 2 heterocycles. The van der Waals surface area contributed by atoms with E-state index in [0.29, 0.717) is 24.4 Å². The van der Waals surface area contributed by atoms with E-state index >= 15 is 0 Å². The second-order valence-corrected chi connectivity index (χ2v) is 7.91. The number of phenolic OH excluding ortho intramolecular Hbond substituents is 1. The lowest BCUT2D eigenvalue weighted by molar-refractivity contribution is 0.0483. The minimum Gasteiger partial charge on any atom is -0.508 e. The van der Waals surface area contributed by atoms with Crippen molar-refractivity contribution in [1.82, 2.24) is 4.90 Å². The fourth-order valence-electron chi connectivity index (χ4n) is 4.13. The highest BCUT2D eigenvalue weighted by Gasteiger charge is 2.28. The molecule has 0 aliphatic carbocycles. The van der Waals surface area contributed by atoms with Gasteiger partial charge in [-0.25, -0.2) is 0 Å². The van der Waals surface area contributed by atoms with Gasteiger partial charge < -0.3 is 19.2 Å².